The molecule has 0 saturated heterocycles. The molecule has 0 amide bonds. The summed E-state index contributed by atoms with van der Waals surface area (Å²) in [6, 6.07) is 1.64. The molecule has 102 valence electrons. The topological polar surface area (TPSA) is 59.1 Å². The summed E-state index contributed by atoms with van der Waals surface area (Å²) < 4.78 is 27.5. The van der Waals surface area contributed by atoms with Gasteiger partial charge in [0.1, 0.15) is 4.90 Å². The summed E-state index contributed by atoms with van der Waals surface area (Å²) in [5.74, 6) is 2.63. The highest BCUT2D eigenvalue weighted by Crippen LogP contribution is 2.65. The van der Waals surface area contributed by atoms with Crippen LogP contribution in [-0.2, 0) is 10.0 Å². The van der Waals surface area contributed by atoms with Crippen LogP contribution in [0, 0.1) is 23.7 Å². The largest absolute Gasteiger partial charge is 0.263 e. The summed E-state index contributed by atoms with van der Waals surface area (Å²) in [5.41, 5.74) is 0. The van der Waals surface area contributed by atoms with E-state index in [-0.39, 0.29) is 16.0 Å². The zero-order chi connectivity index (χ0) is 13.2. The number of halogens is 1. The Morgan fingerprint density at radius 3 is 2.58 bits per heavy atom. The average molecular weight is 299 g/mol. The zero-order valence-corrected chi connectivity index (χ0v) is 11.9. The molecular formula is C13H15ClN2O2S. The standard InChI is InChI=1S/C13H15ClN2O2S/c14-9-3-4-15-6-10(9)19(17,18)16-13-11-7-1-2-8(5-7)12(11)13/h3-4,6-8,11-13,16H,1-2,5H2. The lowest BCUT2D eigenvalue weighted by Gasteiger charge is -2.11. The number of pyridine rings is 1. The van der Waals surface area contributed by atoms with Crippen LogP contribution >= 0.6 is 11.6 Å². The third-order valence-electron chi connectivity index (χ3n) is 5.05. The molecule has 1 N–H and O–H groups in total. The first-order valence-electron chi connectivity index (χ1n) is 6.70. The van der Waals surface area contributed by atoms with Crippen molar-refractivity contribution in [3.8, 4) is 0 Å². The second-order valence-corrected chi connectivity index (χ2v) is 8.03. The van der Waals surface area contributed by atoms with Crippen LogP contribution in [0.4, 0.5) is 0 Å². The average Bonchev–Trinajstić information content (AvgIpc) is 2.77. The van der Waals surface area contributed by atoms with Crippen molar-refractivity contribution < 1.29 is 8.42 Å². The van der Waals surface area contributed by atoms with Gasteiger partial charge >= 0.3 is 0 Å². The fraction of sp³-hybridized carbons (Fsp3) is 0.615. The number of hydrogen-bond acceptors (Lipinski definition) is 3. The zero-order valence-electron chi connectivity index (χ0n) is 10.3. The van der Waals surface area contributed by atoms with Gasteiger partial charge in [-0.2, -0.15) is 0 Å². The monoisotopic (exact) mass is 298 g/mol. The molecule has 19 heavy (non-hydrogen) atoms. The van der Waals surface area contributed by atoms with E-state index in [0.29, 0.717) is 11.8 Å². The van der Waals surface area contributed by atoms with E-state index in [0.717, 1.165) is 11.8 Å². The molecule has 0 radical (unpaired) electrons. The van der Waals surface area contributed by atoms with Gasteiger partial charge in [0.05, 0.1) is 5.02 Å². The summed E-state index contributed by atoms with van der Waals surface area (Å²) in [4.78, 5) is 3.94. The molecule has 4 unspecified atom stereocenters. The molecule has 3 aliphatic carbocycles. The lowest BCUT2D eigenvalue weighted by atomic mass is 10.0. The van der Waals surface area contributed by atoms with Gasteiger partial charge in [-0.25, -0.2) is 13.1 Å². The van der Waals surface area contributed by atoms with E-state index in [1.54, 1.807) is 0 Å². The minimum atomic E-state index is -3.53. The van der Waals surface area contributed by atoms with Crippen molar-refractivity contribution in [3.63, 3.8) is 0 Å². The Balaban J connectivity index is 1.57. The summed E-state index contributed by atoms with van der Waals surface area (Å²) in [5, 5.41) is 0.233. The van der Waals surface area contributed by atoms with Crippen LogP contribution in [0.25, 0.3) is 0 Å². The highest BCUT2D eigenvalue weighted by molar-refractivity contribution is 7.89. The first kappa shape index (κ1) is 12.1. The number of rotatable bonds is 3. The van der Waals surface area contributed by atoms with Crippen LogP contribution in [0.5, 0.6) is 0 Å². The Morgan fingerprint density at radius 2 is 1.95 bits per heavy atom. The Labute approximate surface area is 117 Å². The smallest absolute Gasteiger partial charge is 0.243 e. The van der Waals surface area contributed by atoms with Crippen LogP contribution in [-0.4, -0.2) is 19.4 Å². The van der Waals surface area contributed by atoms with Gasteiger partial charge in [0.25, 0.3) is 0 Å². The van der Waals surface area contributed by atoms with Crippen LogP contribution in [0.2, 0.25) is 5.02 Å². The number of nitrogens with zero attached hydrogens (tertiary/aromatic N) is 1. The summed E-state index contributed by atoms with van der Waals surface area (Å²) in [6.07, 6.45) is 6.67. The number of hydrogen-bond donors (Lipinski definition) is 1. The van der Waals surface area contributed by atoms with Crippen LogP contribution in [0.15, 0.2) is 23.4 Å². The molecule has 0 spiro atoms. The SMILES string of the molecule is O=S(=O)(NC1C2C3CCC(C3)C12)c1cnccc1Cl. The quantitative estimate of drug-likeness (QED) is 0.929. The maximum Gasteiger partial charge on any atom is 0.243 e. The molecular weight excluding hydrogens is 284 g/mol. The molecule has 0 aliphatic heterocycles. The van der Waals surface area contributed by atoms with Crippen molar-refractivity contribution in [1.82, 2.24) is 9.71 Å². The maximum atomic E-state index is 12.3. The molecule has 3 fully saturated rings. The highest BCUT2D eigenvalue weighted by Gasteiger charge is 2.65. The molecule has 4 nitrogen and oxygen atoms in total. The van der Waals surface area contributed by atoms with Gasteiger partial charge in [0, 0.05) is 18.4 Å². The van der Waals surface area contributed by atoms with Gasteiger partial charge in [0.2, 0.25) is 10.0 Å². The second-order valence-electron chi connectivity index (χ2n) is 5.94. The van der Waals surface area contributed by atoms with E-state index in [1.807, 2.05) is 0 Å². The van der Waals surface area contributed by atoms with Crippen LogP contribution < -0.4 is 4.72 Å². The molecule has 1 aromatic rings. The van der Waals surface area contributed by atoms with E-state index < -0.39 is 10.0 Å². The van der Waals surface area contributed by atoms with Gasteiger partial charge in [0.15, 0.2) is 0 Å². The minimum absolute atomic E-state index is 0.0917. The van der Waals surface area contributed by atoms with E-state index in [1.165, 1.54) is 37.7 Å². The number of sulfonamides is 1. The van der Waals surface area contributed by atoms with Crippen molar-refractivity contribution in [1.29, 1.82) is 0 Å². The predicted octanol–water partition coefficient (Wildman–Crippen LogP) is 2.06. The molecule has 4 atom stereocenters. The summed E-state index contributed by atoms with van der Waals surface area (Å²) >= 11 is 5.94. The molecule has 1 aromatic heterocycles. The molecule has 4 rings (SSSR count). The van der Waals surface area contributed by atoms with E-state index >= 15 is 0 Å². The van der Waals surface area contributed by atoms with E-state index in [2.05, 4.69) is 9.71 Å². The van der Waals surface area contributed by atoms with Crippen molar-refractivity contribution in [2.75, 3.05) is 0 Å². The lowest BCUT2D eigenvalue weighted by Crippen LogP contribution is -2.30. The van der Waals surface area contributed by atoms with Crippen molar-refractivity contribution in [2.24, 2.45) is 23.7 Å². The Bertz CT molecular complexity index is 617. The summed E-state index contributed by atoms with van der Waals surface area (Å²) in [7, 11) is -3.53. The van der Waals surface area contributed by atoms with Gasteiger partial charge in [-0.15, -0.1) is 0 Å². The fourth-order valence-corrected chi connectivity index (χ4v) is 6.02. The fourth-order valence-electron chi connectivity index (χ4n) is 4.29. The molecule has 6 heteroatoms. The maximum absolute atomic E-state index is 12.3. The third kappa shape index (κ3) is 1.75. The first-order chi connectivity index (χ1) is 9.08. The Kier molecular flexibility index (Phi) is 2.51. The normalized spacial score (nSPS) is 39.3. The van der Waals surface area contributed by atoms with E-state index in [9.17, 15) is 8.42 Å². The van der Waals surface area contributed by atoms with Crippen LogP contribution in [0.3, 0.4) is 0 Å². The van der Waals surface area contributed by atoms with Gasteiger partial charge < -0.3 is 0 Å². The van der Waals surface area contributed by atoms with Crippen molar-refractivity contribution >= 4 is 21.6 Å². The predicted molar refractivity (Wildman–Crippen MR) is 71.2 cm³/mol. The molecule has 1 heterocycles. The molecule has 3 aliphatic rings. The van der Waals surface area contributed by atoms with Crippen LogP contribution in [0.1, 0.15) is 19.3 Å². The lowest BCUT2D eigenvalue weighted by molar-refractivity contribution is 0.456. The summed E-state index contributed by atoms with van der Waals surface area (Å²) in [6.45, 7) is 0. The van der Waals surface area contributed by atoms with Gasteiger partial charge in [-0.1, -0.05) is 11.6 Å². The molecule has 2 bridgehead atoms. The van der Waals surface area contributed by atoms with E-state index in [4.69, 9.17) is 11.6 Å². The first-order valence-corrected chi connectivity index (χ1v) is 8.56. The Morgan fingerprint density at radius 1 is 1.26 bits per heavy atom. The molecule has 3 saturated carbocycles. The molecule has 0 aromatic carbocycles. The second kappa shape index (κ2) is 3.93. The third-order valence-corrected chi connectivity index (χ3v) is 6.98. The van der Waals surface area contributed by atoms with Crippen molar-refractivity contribution in [2.45, 2.75) is 30.2 Å². The van der Waals surface area contributed by atoms with Crippen molar-refractivity contribution in [3.05, 3.63) is 23.5 Å². The Hall–Kier alpha value is -0.650. The van der Waals surface area contributed by atoms with Gasteiger partial charge in [-0.3, -0.25) is 4.98 Å². The van der Waals surface area contributed by atoms with Gasteiger partial charge in [-0.05, 0) is 49.0 Å². The number of aromatic nitrogens is 1. The number of fused-ring (bicyclic) bond motifs is 5. The highest BCUT2D eigenvalue weighted by atomic mass is 35.5. The minimum Gasteiger partial charge on any atom is -0.263 e. The number of nitrogens with one attached hydrogen (secondary N) is 1.